The van der Waals surface area contributed by atoms with Crippen LogP contribution in [0.1, 0.15) is 52.7 Å². The predicted molar refractivity (Wildman–Crippen MR) is 116 cm³/mol. The molecule has 1 aromatic carbocycles. The molecule has 3 N–H and O–H groups in total. The molecule has 29 heavy (non-hydrogen) atoms. The van der Waals surface area contributed by atoms with Gasteiger partial charge in [0.05, 0.1) is 11.6 Å². The molecule has 2 atom stereocenters. The molecule has 1 fully saturated rings. The maximum Gasteiger partial charge on any atom is 0.408 e. The van der Waals surface area contributed by atoms with E-state index in [2.05, 4.69) is 33.1 Å². The first-order valence-corrected chi connectivity index (χ1v) is 10.2. The van der Waals surface area contributed by atoms with E-state index in [1.807, 2.05) is 52.8 Å². The van der Waals surface area contributed by atoms with Crippen LogP contribution in [0, 0.1) is 5.92 Å². The molecule has 7 heteroatoms. The number of alkyl carbamates (subject to hydrolysis) is 1. The molecule has 0 bridgehead atoms. The molecular weight excluding hydrogens is 368 g/mol. The smallest absolute Gasteiger partial charge is 0.408 e. The number of carbonyl (C=O) groups excluding carboxylic acids is 1. The zero-order valence-corrected chi connectivity index (χ0v) is 18.5. The molecule has 0 spiro atoms. The van der Waals surface area contributed by atoms with Crippen LogP contribution in [0.15, 0.2) is 35.3 Å². The number of guanidine groups is 1. The summed E-state index contributed by atoms with van der Waals surface area (Å²) in [4.78, 5) is 16.3. The number of hydrogen-bond acceptors (Lipinski definition) is 4. The number of carbonyl (C=O) groups is 1. The van der Waals surface area contributed by atoms with Crippen LogP contribution in [0.3, 0.4) is 0 Å². The fourth-order valence-corrected chi connectivity index (χ4v) is 3.23. The van der Waals surface area contributed by atoms with E-state index < -0.39 is 17.2 Å². The maximum atomic E-state index is 12.0. The minimum Gasteiger partial charge on any atom is -0.444 e. The van der Waals surface area contributed by atoms with E-state index in [4.69, 9.17) is 9.47 Å². The molecule has 0 saturated carbocycles. The number of aliphatic imine (C=N–C) groups is 1. The number of hydrogen-bond donors (Lipinski definition) is 3. The Bertz CT molecular complexity index is 683. The molecule has 162 valence electrons. The Labute approximate surface area is 174 Å². The molecule has 0 aromatic heterocycles. The number of nitrogens with zero attached hydrogens (tertiary/aromatic N) is 1. The summed E-state index contributed by atoms with van der Waals surface area (Å²) in [6.45, 7) is 11.5. The Balaban J connectivity index is 1.82. The third-order valence-corrected chi connectivity index (χ3v) is 4.63. The molecule has 0 aliphatic carbocycles. The molecule has 1 aliphatic heterocycles. The maximum absolute atomic E-state index is 12.0. The van der Waals surface area contributed by atoms with Crippen molar-refractivity contribution in [1.82, 2.24) is 16.0 Å². The number of nitrogens with one attached hydrogen (secondary N) is 3. The predicted octanol–water partition coefficient (Wildman–Crippen LogP) is 3.23. The van der Waals surface area contributed by atoms with E-state index in [1.165, 1.54) is 5.56 Å². The van der Waals surface area contributed by atoms with Crippen LogP contribution in [-0.4, -0.2) is 49.9 Å². The second-order valence-electron chi connectivity index (χ2n) is 9.07. The summed E-state index contributed by atoms with van der Waals surface area (Å²) in [5, 5.41) is 9.57. The van der Waals surface area contributed by atoms with Crippen molar-refractivity contribution >= 4 is 12.1 Å². The second kappa shape index (κ2) is 9.96. The standard InChI is InChI=1S/C22H36N4O3/c1-21(2,3)29-20(27)26-22(4,5)15-25-19(23-6)24-14-17-12-13-28-18(17)16-10-8-7-9-11-16/h7-11,17-18H,12-15H2,1-6H3,(H,26,27)(H2,23,24,25). The Hall–Kier alpha value is -2.28. The van der Waals surface area contributed by atoms with E-state index in [0.29, 0.717) is 18.4 Å². The summed E-state index contributed by atoms with van der Waals surface area (Å²) in [6.07, 6.45) is 0.683. The van der Waals surface area contributed by atoms with Gasteiger partial charge in [-0.3, -0.25) is 4.99 Å². The van der Waals surface area contributed by atoms with Crippen molar-refractivity contribution in [1.29, 1.82) is 0 Å². The van der Waals surface area contributed by atoms with Gasteiger partial charge in [-0.2, -0.15) is 0 Å². The van der Waals surface area contributed by atoms with E-state index >= 15 is 0 Å². The normalized spacial score (nSPS) is 20.3. The van der Waals surface area contributed by atoms with Gasteiger partial charge in [0.25, 0.3) is 0 Å². The average molecular weight is 405 g/mol. The highest BCUT2D eigenvalue weighted by Crippen LogP contribution is 2.33. The van der Waals surface area contributed by atoms with Crippen LogP contribution in [0.2, 0.25) is 0 Å². The second-order valence-corrected chi connectivity index (χ2v) is 9.07. The first-order chi connectivity index (χ1) is 13.6. The van der Waals surface area contributed by atoms with E-state index in [0.717, 1.165) is 19.6 Å². The topological polar surface area (TPSA) is 84.0 Å². The summed E-state index contributed by atoms with van der Waals surface area (Å²) in [7, 11) is 1.74. The molecule has 1 amide bonds. The highest BCUT2D eigenvalue weighted by Gasteiger charge is 2.30. The molecule has 1 saturated heterocycles. The fourth-order valence-electron chi connectivity index (χ4n) is 3.23. The molecule has 1 aromatic rings. The molecule has 2 unspecified atom stereocenters. The monoisotopic (exact) mass is 404 g/mol. The summed E-state index contributed by atoms with van der Waals surface area (Å²) in [5.41, 5.74) is 0.190. The summed E-state index contributed by atoms with van der Waals surface area (Å²) >= 11 is 0. The van der Waals surface area contributed by atoms with Crippen molar-refractivity contribution in [3.63, 3.8) is 0 Å². The molecule has 1 heterocycles. The molecular formula is C22H36N4O3. The first kappa shape index (κ1) is 23.0. The van der Waals surface area contributed by atoms with Crippen molar-refractivity contribution in [3.8, 4) is 0 Å². The zero-order valence-electron chi connectivity index (χ0n) is 18.5. The van der Waals surface area contributed by atoms with Gasteiger partial charge >= 0.3 is 6.09 Å². The van der Waals surface area contributed by atoms with Gasteiger partial charge in [-0.25, -0.2) is 4.79 Å². The van der Waals surface area contributed by atoms with Crippen LogP contribution in [0.5, 0.6) is 0 Å². The van der Waals surface area contributed by atoms with Gasteiger partial charge in [-0.15, -0.1) is 0 Å². The number of benzene rings is 1. The lowest BCUT2D eigenvalue weighted by atomic mass is 9.95. The van der Waals surface area contributed by atoms with Crippen molar-refractivity contribution in [2.45, 2.75) is 58.3 Å². The lowest BCUT2D eigenvalue weighted by molar-refractivity contribution is 0.0474. The van der Waals surface area contributed by atoms with Gasteiger partial charge in [0.1, 0.15) is 5.60 Å². The van der Waals surface area contributed by atoms with Crippen LogP contribution in [-0.2, 0) is 9.47 Å². The highest BCUT2D eigenvalue weighted by atomic mass is 16.6. The average Bonchev–Trinajstić information content (AvgIpc) is 3.09. The Morgan fingerprint density at radius 2 is 1.86 bits per heavy atom. The SMILES string of the molecule is CN=C(NCC1CCOC1c1ccccc1)NCC(C)(C)NC(=O)OC(C)(C)C. The van der Waals surface area contributed by atoms with Gasteiger partial charge in [0.15, 0.2) is 5.96 Å². The molecule has 7 nitrogen and oxygen atoms in total. The number of rotatable bonds is 6. The first-order valence-electron chi connectivity index (χ1n) is 10.2. The van der Waals surface area contributed by atoms with Crippen molar-refractivity contribution in [2.75, 3.05) is 26.7 Å². The summed E-state index contributed by atoms with van der Waals surface area (Å²) < 4.78 is 11.3. The van der Waals surface area contributed by atoms with Crippen LogP contribution in [0.4, 0.5) is 4.79 Å². The van der Waals surface area contributed by atoms with Crippen molar-refractivity contribution < 1.29 is 14.3 Å². The highest BCUT2D eigenvalue weighted by molar-refractivity contribution is 5.79. The van der Waals surface area contributed by atoms with Crippen LogP contribution in [0.25, 0.3) is 0 Å². The van der Waals surface area contributed by atoms with Gasteiger partial charge in [-0.1, -0.05) is 30.3 Å². The summed E-state index contributed by atoms with van der Waals surface area (Å²) in [6, 6.07) is 10.3. The van der Waals surface area contributed by atoms with E-state index in [-0.39, 0.29) is 6.10 Å². The minimum atomic E-state index is -0.524. The Morgan fingerprint density at radius 3 is 2.48 bits per heavy atom. The molecule has 1 aliphatic rings. The van der Waals surface area contributed by atoms with Gasteiger partial charge in [0.2, 0.25) is 0 Å². The van der Waals surface area contributed by atoms with E-state index in [1.54, 1.807) is 7.05 Å². The zero-order chi connectivity index (χ0) is 21.5. The Kier molecular flexibility index (Phi) is 7.90. The molecule has 2 rings (SSSR count). The van der Waals surface area contributed by atoms with Crippen LogP contribution < -0.4 is 16.0 Å². The number of amides is 1. The van der Waals surface area contributed by atoms with Gasteiger partial charge < -0.3 is 25.4 Å². The van der Waals surface area contributed by atoms with E-state index in [9.17, 15) is 4.79 Å². The van der Waals surface area contributed by atoms with Gasteiger partial charge in [0, 0.05) is 32.7 Å². The van der Waals surface area contributed by atoms with Crippen molar-refractivity contribution in [3.05, 3.63) is 35.9 Å². The van der Waals surface area contributed by atoms with Crippen LogP contribution >= 0.6 is 0 Å². The minimum absolute atomic E-state index is 0.104. The number of ether oxygens (including phenoxy) is 2. The third-order valence-electron chi connectivity index (χ3n) is 4.63. The molecule has 0 radical (unpaired) electrons. The largest absolute Gasteiger partial charge is 0.444 e. The summed E-state index contributed by atoms with van der Waals surface area (Å²) in [5.74, 6) is 1.08. The van der Waals surface area contributed by atoms with Gasteiger partial charge in [-0.05, 0) is 46.6 Å². The van der Waals surface area contributed by atoms with Crippen molar-refractivity contribution in [2.24, 2.45) is 10.9 Å². The quantitative estimate of drug-likeness (QED) is 0.501. The third kappa shape index (κ3) is 7.93. The lowest BCUT2D eigenvalue weighted by Gasteiger charge is -2.29. The lowest BCUT2D eigenvalue weighted by Crippen LogP contribution is -2.54. The fraction of sp³-hybridized carbons (Fsp3) is 0.636. The Morgan fingerprint density at radius 1 is 1.17 bits per heavy atom.